The molecule has 5 aromatic rings. The average molecular weight is 427 g/mol. The summed E-state index contributed by atoms with van der Waals surface area (Å²) in [6, 6.07) is 23.2. The molecular weight excluding hydrogens is 408 g/mol. The number of nitrogens with zero attached hydrogens (tertiary/aromatic N) is 3. The van der Waals surface area contributed by atoms with Crippen LogP contribution in [0.25, 0.3) is 22.3 Å². The Morgan fingerprint density at radius 2 is 1.81 bits per heavy atom. The number of aliphatic imine (C=N–C) groups is 1. The third-order valence-electron chi connectivity index (χ3n) is 5.21. The van der Waals surface area contributed by atoms with Crippen molar-refractivity contribution in [3.05, 3.63) is 101 Å². The standard InChI is InChI=1S/C25H19ClN4O/c1-30-14-13-27-24(30)17-7-10-19(11-8-17)28-23(16-5-3-2-4-6-16)22-20-12-9-18(26)15-21(20)29-25(22)31/h2-15,29,31H,1H3. The number of hydrogen-bond acceptors (Lipinski definition) is 3. The molecule has 5 rings (SSSR count). The molecule has 6 heteroatoms. The largest absolute Gasteiger partial charge is 0.494 e. The number of rotatable bonds is 4. The van der Waals surface area contributed by atoms with Gasteiger partial charge in [-0.2, -0.15) is 0 Å². The predicted molar refractivity (Wildman–Crippen MR) is 125 cm³/mol. The van der Waals surface area contributed by atoms with Crippen molar-refractivity contribution in [2.75, 3.05) is 0 Å². The van der Waals surface area contributed by atoms with Crippen molar-refractivity contribution in [1.29, 1.82) is 0 Å². The highest BCUT2D eigenvalue weighted by atomic mass is 35.5. The van der Waals surface area contributed by atoms with Crippen molar-refractivity contribution in [2.45, 2.75) is 0 Å². The summed E-state index contributed by atoms with van der Waals surface area (Å²) in [5, 5.41) is 12.2. The smallest absolute Gasteiger partial charge is 0.199 e. The minimum Gasteiger partial charge on any atom is -0.494 e. The first-order valence-electron chi connectivity index (χ1n) is 9.82. The first kappa shape index (κ1) is 19.2. The van der Waals surface area contributed by atoms with Crippen LogP contribution in [0.2, 0.25) is 5.02 Å². The van der Waals surface area contributed by atoms with Crippen LogP contribution < -0.4 is 0 Å². The summed E-state index contributed by atoms with van der Waals surface area (Å²) < 4.78 is 1.97. The number of H-pyrrole nitrogens is 1. The first-order valence-corrected chi connectivity index (χ1v) is 10.2. The molecule has 3 aromatic carbocycles. The van der Waals surface area contributed by atoms with Gasteiger partial charge in [0.2, 0.25) is 0 Å². The summed E-state index contributed by atoms with van der Waals surface area (Å²) in [5.74, 6) is 0.953. The van der Waals surface area contributed by atoms with E-state index >= 15 is 0 Å². The summed E-state index contributed by atoms with van der Waals surface area (Å²) in [7, 11) is 1.97. The van der Waals surface area contributed by atoms with Crippen LogP contribution in [-0.4, -0.2) is 25.4 Å². The van der Waals surface area contributed by atoms with Crippen LogP contribution in [0.5, 0.6) is 5.88 Å². The number of nitrogens with one attached hydrogen (secondary N) is 1. The van der Waals surface area contributed by atoms with Crippen molar-refractivity contribution >= 4 is 33.9 Å². The van der Waals surface area contributed by atoms with Gasteiger partial charge in [0.15, 0.2) is 5.88 Å². The fourth-order valence-electron chi connectivity index (χ4n) is 3.71. The lowest BCUT2D eigenvalue weighted by Gasteiger charge is -2.08. The van der Waals surface area contributed by atoms with E-state index in [2.05, 4.69) is 9.97 Å². The Morgan fingerprint density at radius 3 is 2.52 bits per heavy atom. The van der Waals surface area contributed by atoms with Gasteiger partial charge in [-0.25, -0.2) is 9.98 Å². The van der Waals surface area contributed by atoms with Crippen LogP contribution in [-0.2, 0) is 7.05 Å². The van der Waals surface area contributed by atoms with Crippen molar-refractivity contribution < 1.29 is 5.11 Å². The van der Waals surface area contributed by atoms with Crippen molar-refractivity contribution in [3.63, 3.8) is 0 Å². The number of hydrogen-bond donors (Lipinski definition) is 2. The normalized spacial score (nSPS) is 11.9. The summed E-state index contributed by atoms with van der Waals surface area (Å²) >= 11 is 6.14. The van der Waals surface area contributed by atoms with Crippen LogP contribution in [0.15, 0.2) is 90.2 Å². The Bertz CT molecular complexity index is 1400. The number of aromatic hydroxyl groups is 1. The molecule has 0 aliphatic carbocycles. The maximum atomic E-state index is 10.7. The second-order valence-electron chi connectivity index (χ2n) is 7.27. The lowest BCUT2D eigenvalue weighted by Crippen LogP contribution is -2.02. The minimum absolute atomic E-state index is 0.0597. The molecule has 0 bridgehead atoms. The maximum absolute atomic E-state index is 10.7. The summed E-state index contributed by atoms with van der Waals surface area (Å²) in [4.78, 5) is 12.3. The molecule has 0 unspecified atom stereocenters. The highest BCUT2D eigenvalue weighted by Gasteiger charge is 2.18. The van der Waals surface area contributed by atoms with Crippen LogP contribution in [0, 0.1) is 0 Å². The van der Waals surface area contributed by atoms with Crippen molar-refractivity contribution in [3.8, 4) is 17.3 Å². The third kappa shape index (κ3) is 3.60. The van der Waals surface area contributed by atoms with Crippen LogP contribution >= 0.6 is 11.6 Å². The van der Waals surface area contributed by atoms with E-state index in [-0.39, 0.29) is 5.88 Å². The molecule has 0 aliphatic heterocycles. The monoisotopic (exact) mass is 426 g/mol. The first-order chi connectivity index (χ1) is 15.1. The zero-order chi connectivity index (χ0) is 21.4. The molecule has 0 radical (unpaired) electrons. The number of fused-ring (bicyclic) bond motifs is 1. The van der Waals surface area contributed by atoms with Gasteiger partial charge >= 0.3 is 0 Å². The third-order valence-corrected chi connectivity index (χ3v) is 5.45. The van der Waals surface area contributed by atoms with E-state index in [1.165, 1.54) is 0 Å². The van der Waals surface area contributed by atoms with Gasteiger partial charge in [0.1, 0.15) is 5.82 Å². The van der Waals surface area contributed by atoms with Crippen LogP contribution in [0.1, 0.15) is 11.1 Å². The second kappa shape index (κ2) is 7.78. The number of aromatic nitrogens is 3. The Labute approximate surface area is 184 Å². The molecule has 2 N–H and O–H groups in total. The van der Waals surface area contributed by atoms with Crippen molar-refractivity contribution in [2.24, 2.45) is 12.0 Å². The summed E-state index contributed by atoms with van der Waals surface area (Å²) in [6.45, 7) is 0. The minimum atomic E-state index is 0.0597. The topological polar surface area (TPSA) is 66.2 Å². The van der Waals surface area contributed by atoms with Crippen LogP contribution in [0.4, 0.5) is 5.69 Å². The Morgan fingerprint density at radius 1 is 1.03 bits per heavy atom. The van der Waals surface area contributed by atoms with E-state index in [1.807, 2.05) is 84.5 Å². The molecule has 0 saturated heterocycles. The highest BCUT2D eigenvalue weighted by molar-refractivity contribution is 6.31. The van der Waals surface area contributed by atoms with Gasteiger partial charge in [-0.1, -0.05) is 48.0 Å². The lowest BCUT2D eigenvalue weighted by molar-refractivity contribution is 0.457. The molecule has 5 nitrogen and oxygen atoms in total. The number of aryl methyl sites for hydroxylation is 1. The fraction of sp³-hybridized carbons (Fsp3) is 0.0400. The zero-order valence-electron chi connectivity index (χ0n) is 16.7. The lowest BCUT2D eigenvalue weighted by atomic mass is 10.0. The summed E-state index contributed by atoms with van der Waals surface area (Å²) in [6.07, 6.45) is 3.70. The number of benzene rings is 3. The Hall–Kier alpha value is -3.83. The molecular formula is C25H19ClN4O. The molecule has 0 saturated carbocycles. The van der Waals surface area contributed by atoms with E-state index in [4.69, 9.17) is 16.6 Å². The molecule has 0 atom stereocenters. The Kier molecular flexibility index (Phi) is 4.81. The van der Waals surface area contributed by atoms with Gasteiger partial charge < -0.3 is 14.7 Å². The number of halogens is 1. The fourth-order valence-corrected chi connectivity index (χ4v) is 3.89. The molecule has 2 aromatic heterocycles. The molecule has 31 heavy (non-hydrogen) atoms. The van der Waals surface area contributed by atoms with Gasteiger partial charge in [-0.05, 0) is 36.4 Å². The van der Waals surface area contributed by atoms with Gasteiger partial charge in [-0.3, -0.25) is 0 Å². The van der Waals surface area contributed by atoms with E-state index < -0.39 is 0 Å². The van der Waals surface area contributed by atoms with E-state index in [1.54, 1.807) is 12.3 Å². The number of imidazole rings is 1. The molecule has 152 valence electrons. The maximum Gasteiger partial charge on any atom is 0.199 e. The molecule has 0 amide bonds. The van der Waals surface area contributed by atoms with Gasteiger partial charge in [0.05, 0.1) is 22.5 Å². The van der Waals surface area contributed by atoms with Crippen LogP contribution in [0.3, 0.4) is 0 Å². The van der Waals surface area contributed by atoms with Crippen molar-refractivity contribution in [1.82, 2.24) is 14.5 Å². The predicted octanol–water partition coefficient (Wildman–Crippen LogP) is 6.10. The zero-order valence-corrected chi connectivity index (χ0v) is 17.5. The van der Waals surface area contributed by atoms with Gasteiger partial charge in [-0.15, -0.1) is 0 Å². The highest BCUT2D eigenvalue weighted by Crippen LogP contribution is 2.33. The number of aromatic amines is 1. The molecule has 0 fully saturated rings. The molecule has 0 spiro atoms. The van der Waals surface area contributed by atoms with E-state index in [0.29, 0.717) is 16.3 Å². The van der Waals surface area contributed by atoms with E-state index in [9.17, 15) is 5.11 Å². The second-order valence-corrected chi connectivity index (χ2v) is 7.71. The molecule has 0 aliphatic rings. The Balaban J connectivity index is 1.66. The van der Waals surface area contributed by atoms with Gasteiger partial charge in [0, 0.05) is 41.0 Å². The quantitative estimate of drug-likeness (QED) is 0.341. The SMILES string of the molecule is Cn1ccnc1-c1ccc(N=C(c2ccccc2)c2c(O)[nH]c3cc(Cl)ccc23)cc1. The molecule has 2 heterocycles. The van der Waals surface area contributed by atoms with Gasteiger partial charge in [0.25, 0.3) is 0 Å². The van der Waals surface area contributed by atoms with E-state index in [0.717, 1.165) is 33.5 Å². The summed E-state index contributed by atoms with van der Waals surface area (Å²) in [5.41, 5.74) is 4.77. The average Bonchev–Trinajstić information content (AvgIpc) is 3.35.